The van der Waals surface area contributed by atoms with E-state index in [0.29, 0.717) is 45.2 Å². The molecular weight excluding hydrogens is 457 g/mol. The highest BCUT2D eigenvalue weighted by Gasteiger charge is 2.25. The molecule has 1 saturated heterocycles. The average molecular weight is 484 g/mol. The van der Waals surface area contributed by atoms with Crippen LogP contribution in [0.25, 0.3) is 16.6 Å². The Bertz CT molecular complexity index is 1400. The molecule has 0 aliphatic carbocycles. The molecular formula is C24H27ClFN7O. The minimum Gasteiger partial charge on any atom is -0.368 e. The fourth-order valence-electron chi connectivity index (χ4n) is 4.72. The monoisotopic (exact) mass is 483 g/mol. The van der Waals surface area contributed by atoms with Crippen molar-refractivity contribution in [3.05, 3.63) is 47.1 Å². The number of piperazine rings is 1. The third-order valence-electron chi connectivity index (χ3n) is 6.07. The first-order chi connectivity index (χ1) is 16.2. The molecule has 4 aromatic rings. The maximum atomic E-state index is 14.6. The van der Waals surface area contributed by atoms with Crippen molar-refractivity contribution >= 4 is 51.3 Å². The number of aromatic nitrogens is 4. The van der Waals surface area contributed by atoms with Gasteiger partial charge in [0.05, 0.1) is 27.3 Å². The lowest BCUT2D eigenvalue weighted by molar-refractivity contribution is 0.0899. The van der Waals surface area contributed by atoms with Crippen molar-refractivity contribution in [3.63, 3.8) is 0 Å². The van der Waals surface area contributed by atoms with Crippen molar-refractivity contribution in [2.45, 2.75) is 46.2 Å². The van der Waals surface area contributed by atoms with Crippen LogP contribution in [-0.4, -0.2) is 50.2 Å². The molecule has 1 fully saturated rings. The maximum absolute atomic E-state index is 14.6. The van der Waals surface area contributed by atoms with Gasteiger partial charge in [0.25, 0.3) is 0 Å². The van der Waals surface area contributed by atoms with Gasteiger partial charge in [0.15, 0.2) is 17.3 Å². The number of carbonyl (C=O) groups excluding carboxylic acids is 1. The summed E-state index contributed by atoms with van der Waals surface area (Å²) < 4.78 is 17.6. The molecule has 1 aliphatic heterocycles. The van der Waals surface area contributed by atoms with Gasteiger partial charge in [-0.1, -0.05) is 18.5 Å². The normalized spacial score (nSPS) is 18.7. The minimum absolute atomic E-state index is 0.153. The summed E-state index contributed by atoms with van der Waals surface area (Å²) in [5.41, 5.74) is 3.00. The molecule has 0 saturated carbocycles. The molecule has 5 rings (SSSR count). The van der Waals surface area contributed by atoms with E-state index in [0.717, 1.165) is 18.8 Å². The van der Waals surface area contributed by atoms with Gasteiger partial charge in [-0.05, 0) is 32.9 Å². The number of benzene rings is 1. The Morgan fingerprint density at radius 3 is 2.68 bits per heavy atom. The van der Waals surface area contributed by atoms with Gasteiger partial charge in [-0.3, -0.25) is 4.79 Å². The summed E-state index contributed by atoms with van der Waals surface area (Å²) in [6.07, 6.45) is 3.76. The van der Waals surface area contributed by atoms with Gasteiger partial charge in [0.2, 0.25) is 5.91 Å². The maximum Gasteiger partial charge on any atom is 0.247 e. The second kappa shape index (κ2) is 8.56. The molecule has 0 spiro atoms. The van der Waals surface area contributed by atoms with Crippen LogP contribution in [0.15, 0.2) is 30.6 Å². The fraction of sp³-hybridized carbons (Fsp3) is 0.375. The lowest BCUT2D eigenvalue weighted by Gasteiger charge is -2.37. The first-order valence-electron chi connectivity index (χ1n) is 11.4. The third kappa shape index (κ3) is 3.99. The molecule has 8 nitrogen and oxygen atoms in total. The van der Waals surface area contributed by atoms with E-state index in [4.69, 9.17) is 11.6 Å². The zero-order valence-corrected chi connectivity index (χ0v) is 20.3. The van der Waals surface area contributed by atoms with E-state index in [-0.39, 0.29) is 18.0 Å². The van der Waals surface area contributed by atoms with Crippen LogP contribution in [0.3, 0.4) is 0 Å². The zero-order valence-electron chi connectivity index (χ0n) is 19.6. The first kappa shape index (κ1) is 22.6. The summed E-state index contributed by atoms with van der Waals surface area (Å²) in [6.45, 7) is 9.55. The highest BCUT2D eigenvalue weighted by Crippen LogP contribution is 2.36. The van der Waals surface area contributed by atoms with Gasteiger partial charge >= 0.3 is 0 Å². The van der Waals surface area contributed by atoms with Crippen molar-refractivity contribution in [2.24, 2.45) is 0 Å². The van der Waals surface area contributed by atoms with Gasteiger partial charge in [-0.2, -0.15) is 4.68 Å². The van der Waals surface area contributed by atoms with E-state index in [9.17, 15) is 9.18 Å². The lowest BCUT2D eigenvalue weighted by atomic mass is 10.1. The molecule has 0 amide bonds. The van der Waals surface area contributed by atoms with Crippen molar-refractivity contribution in [1.29, 1.82) is 0 Å². The smallest absolute Gasteiger partial charge is 0.247 e. The molecule has 1 aliphatic rings. The van der Waals surface area contributed by atoms with Gasteiger partial charge < -0.3 is 19.9 Å². The third-order valence-corrected chi connectivity index (χ3v) is 6.37. The molecule has 34 heavy (non-hydrogen) atoms. The van der Waals surface area contributed by atoms with Gasteiger partial charge in [-0.15, -0.1) is 5.10 Å². The molecule has 2 atom stereocenters. The summed E-state index contributed by atoms with van der Waals surface area (Å²) in [4.78, 5) is 19.2. The van der Waals surface area contributed by atoms with Crippen LogP contribution in [0.5, 0.6) is 0 Å². The SMILES string of the molecule is CCC(=O)n1nc(Nc2cc(F)c3nc(C)cn3c2)c2c(Cl)cc(N3C[C@H](C)N[C@@H](C)C3)cc21. The zero-order chi connectivity index (χ0) is 24.1. The standard InChI is InChI=1S/C24H27ClFN7O/c1-5-21(34)33-20-8-17(31-9-13(2)27-14(3)10-31)7-18(25)22(20)23(30-33)29-16-6-19(26)24-28-15(4)11-32(24)12-16/h6-8,11-14,27H,5,9-10H2,1-4H3,(H,29,30)/t13-,14-/m0/s1. The summed E-state index contributed by atoms with van der Waals surface area (Å²) >= 11 is 6.78. The number of hydrogen-bond donors (Lipinski definition) is 2. The Morgan fingerprint density at radius 2 is 1.97 bits per heavy atom. The molecule has 2 N–H and O–H groups in total. The number of anilines is 3. The number of rotatable bonds is 4. The fourth-order valence-corrected chi connectivity index (χ4v) is 5.01. The van der Waals surface area contributed by atoms with E-state index in [2.05, 4.69) is 39.5 Å². The summed E-state index contributed by atoms with van der Waals surface area (Å²) in [6, 6.07) is 5.88. The molecule has 0 radical (unpaired) electrons. The van der Waals surface area contributed by atoms with E-state index < -0.39 is 5.82 Å². The second-order valence-corrected chi connectivity index (χ2v) is 9.43. The highest BCUT2D eigenvalue weighted by molar-refractivity contribution is 6.37. The van der Waals surface area contributed by atoms with Crippen LogP contribution in [0, 0.1) is 12.7 Å². The number of hydrogen-bond acceptors (Lipinski definition) is 6. The minimum atomic E-state index is -0.457. The molecule has 178 valence electrons. The molecule has 3 aromatic heterocycles. The quantitative estimate of drug-likeness (QED) is 0.435. The predicted molar refractivity (Wildman–Crippen MR) is 133 cm³/mol. The van der Waals surface area contributed by atoms with Crippen molar-refractivity contribution in [3.8, 4) is 0 Å². The number of fused-ring (bicyclic) bond motifs is 2. The topological polar surface area (TPSA) is 79.5 Å². The molecule has 4 heterocycles. The number of nitrogens with one attached hydrogen (secondary N) is 2. The number of imidazole rings is 1. The predicted octanol–water partition coefficient (Wildman–Crippen LogP) is 4.77. The van der Waals surface area contributed by atoms with Crippen LogP contribution in [0.2, 0.25) is 5.02 Å². The van der Waals surface area contributed by atoms with E-state index in [1.165, 1.54) is 10.7 Å². The van der Waals surface area contributed by atoms with E-state index in [1.807, 2.05) is 19.1 Å². The second-order valence-electron chi connectivity index (χ2n) is 9.02. The summed E-state index contributed by atoms with van der Waals surface area (Å²) in [5, 5.41) is 12.3. The first-order valence-corrected chi connectivity index (χ1v) is 11.8. The lowest BCUT2D eigenvalue weighted by Crippen LogP contribution is -2.54. The summed E-state index contributed by atoms with van der Waals surface area (Å²) in [7, 11) is 0. The van der Waals surface area contributed by atoms with E-state index in [1.54, 1.807) is 23.7 Å². The summed E-state index contributed by atoms with van der Waals surface area (Å²) in [5.74, 6) is -0.215. The number of pyridine rings is 1. The van der Waals surface area contributed by atoms with Gasteiger partial charge in [-0.25, -0.2) is 9.37 Å². The Labute approximate surface area is 201 Å². The van der Waals surface area contributed by atoms with Crippen LogP contribution in [-0.2, 0) is 0 Å². The number of aryl methyl sites for hydroxylation is 1. The Morgan fingerprint density at radius 1 is 1.24 bits per heavy atom. The van der Waals surface area contributed by atoms with Gasteiger partial charge in [0, 0.05) is 55.7 Å². The molecule has 0 bridgehead atoms. The van der Waals surface area contributed by atoms with Crippen LogP contribution in [0.4, 0.5) is 21.6 Å². The Balaban J connectivity index is 1.61. The van der Waals surface area contributed by atoms with Crippen molar-refractivity contribution in [2.75, 3.05) is 23.3 Å². The Hall–Kier alpha value is -3.17. The number of halogens is 2. The molecule has 10 heteroatoms. The molecule has 0 unspecified atom stereocenters. The van der Waals surface area contributed by atoms with Crippen LogP contribution < -0.4 is 15.5 Å². The molecule has 1 aromatic carbocycles. The largest absolute Gasteiger partial charge is 0.368 e. The van der Waals surface area contributed by atoms with Crippen molar-refractivity contribution < 1.29 is 9.18 Å². The van der Waals surface area contributed by atoms with Crippen LogP contribution >= 0.6 is 11.6 Å². The Kier molecular flexibility index (Phi) is 5.69. The van der Waals surface area contributed by atoms with Gasteiger partial charge in [0.1, 0.15) is 0 Å². The van der Waals surface area contributed by atoms with Crippen molar-refractivity contribution in [1.82, 2.24) is 24.5 Å². The number of carbonyl (C=O) groups is 1. The highest BCUT2D eigenvalue weighted by atomic mass is 35.5. The number of nitrogens with zero attached hydrogens (tertiary/aromatic N) is 5. The average Bonchev–Trinajstić information content (AvgIpc) is 3.33. The van der Waals surface area contributed by atoms with Crippen LogP contribution in [0.1, 0.15) is 37.7 Å². The van der Waals surface area contributed by atoms with E-state index >= 15 is 0 Å².